The molecule has 2 rings (SSSR count). The lowest BCUT2D eigenvalue weighted by Gasteiger charge is -1.95. The van der Waals surface area contributed by atoms with Gasteiger partial charge in [0, 0.05) is 11.9 Å². The molecule has 62 valence electrons. The van der Waals surface area contributed by atoms with Crippen LogP contribution in [0.5, 0.6) is 0 Å². The van der Waals surface area contributed by atoms with Gasteiger partial charge in [-0.15, -0.1) is 0 Å². The van der Waals surface area contributed by atoms with Gasteiger partial charge in [0.1, 0.15) is 0 Å². The molecule has 0 amide bonds. The molecule has 0 unspecified atom stereocenters. The zero-order valence-corrected chi connectivity index (χ0v) is 9.03. The number of fused-ring (bicyclic) bond motifs is 1. The van der Waals surface area contributed by atoms with Crippen LogP contribution in [0.15, 0.2) is 12.3 Å². The van der Waals surface area contributed by atoms with Crippen molar-refractivity contribution in [3.8, 4) is 0 Å². The second-order valence-corrected chi connectivity index (χ2v) is 3.80. The van der Waals surface area contributed by atoms with Crippen LogP contribution in [0, 0.1) is 17.4 Å². The van der Waals surface area contributed by atoms with E-state index in [-0.39, 0.29) is 0 Å². The van der Waals surface area contributed by atoms with Crippen LogP contribution >= 0.6 is 22.6 Å². The third kappa shape index (κ3) is 1.01. The number of aromatic nitrogens is 3. The highest BCUT2D eigenvalue weighted by atomic mass is 127. The maximum atomic E-state index is 4.36. The minimum atomic E-state index is 0.952. The summed E-state index contributed by atoms with van der Waals surface area (Å²) in [5.74, 6) is 0. The Hall–Kier alpha value is -0.650. The van der Waals surface area contributed by atoms with Gasteiger partial charge < -0.3 is 0 Å². The maximum Gasteiger partial charge on any atom is 0.168 e. The Labute approximate surface area is 83.9 Å². The van der Waals surface area contributed by atoms with Crippen molar-refractivity contribution in [3.63, 3.8) is 0 Å². The van der Waals surface area contributed by atoms with Gasteiger partial charge in [0.15, 0.2) is 5.65 Å². The topological polar surface area (TPSA) is 30.2 Å². The van der Waals surface area contributed by atoms with Crippen molar-refractivity contribution in [3.05, 3.63) is 27.2 Å². The average Bonchev–Trinajstić information content (AvgIpc) is 2.32. The molecule has 3 nitrogen and oxygen atoms in total. The highest BCUT2D eigenvalue weighted by Crippen LogP contribution is 2.15. The van der Waals surface area contributed by atoms with Crippen LogP contribution in [-0.4, -0.2) is 14.6 Å². The summed E-state index contributed by atoms with van der Waals surface area (Å²) in [5.41, 5.74) is 3.11. The zero-order valence-electron chi connectivity index (χ0n) is 6.87. The molecule has 0 aliphatic carbocycles. The van der Waals surface area contributed by atoms with E-state index in [1.54, 1.807) is 0 Å². The molecular weight excluding hydrogens is 265 g/mol. The van der Waals surface area contributed by atoms with Crippen LogP contribution < -0.4 is 0 Å². The first-order valence-corrected chi connectivity index (χ1v) is 4.74. The molecule has 0 aromatic carbocycles. The van der Waals surface area contributed by atoms with Crippen molar-refractivity contribution in [1.82, 2.24) is 14.6 Å². The predicted molar refractivity (Wildman–Crippen MR) is 55.2 cm³/mol. The number of aryl methyl sites for hydroxylation is 2. The molecule has 12 heavy (non-hydrogen) atoms. The van der Waals surface area contributed by atoms with Gasteiger partial charge in [0.25, 0.3) is 0 Å². The molecule has 0 N–H and O–H groups in total. The van der Waals surface area contributed by atoms with Gasteiger partial charge in [0.05, 0.1) is 9.26 Å². The second kappa shape index (κ2) is 2.69. The van der Waals surface area contributed by atoms with Crippen LogP contribution in [0.25, 0.3) is 5.65 Å². The second-order valence-electron chi connectivity index (χ2n) is 2.72. The van der Waals surface area contributed by atoms with E-state index < -0.39 is 0 Å². The molecule has 0 aliphatic rings. The largest absolute Gasteiger partial charge is 0.236 e. The third-order valence-corrected chi connectivity index (χ3v) is 3.07. The standard InChI is InChI=1S/C8H8IN3/c1-5-3-4-10-8-7(9)6(2)11-12(5)8/h3-4H,1-2H3. The van der Waals surface area contributed by atoms with Gasteiger partial charge >= 0.3 is 0 Å². The molecule has 0 saturated carbocycles. The maximum absolute atomic E-state index is 4.36. The predicted octanol–water partition coefficient (Wildman–Crippen LogP) is 1.95. The Morgan fingerprint density at radius 2 is 2.17 bits per heavy atom. The summed E-state index contributed by atoms with van der Waals surface area (Å²) >= 11 is 2.27. The van der Waals surface area contributed by atoms with Crippen LogP contribution in [0.4, 0.5) is 0 Å². The highest BCUT2D eigenvalue weighted by Gasteiger charge is 2.07. The normalized spacial score (nSPS) is 10.9. The fraction of sp³-hybridized carbons (Fsp3) is 0.250. The summed E-state index contributed by atoms with van der Waals surface area (Å²) in [6.45, 7) is 4.02. The molecule has 4 heteroatoms. The Bertz CT molecular complexity index is 433. The van der Waals surface area contributed by atoms with Crippen LogP contribution in [0.3, 0.4) is 0 Å². The van der Waals surface area contributed by atoms with Crippen molar-refractivity contribution in [1.29, 1.82) is 0 Å². The van der Waals surface area contributed by atoms with Gasteiger partial charge in [-0.2, -0.15) is 5.10 Å². The Kier molecular flexibility index (Phi) is 1.79. The number of hydrogen-bond acceptors (Lipinski definition) is 2. The van der Waals surface area contributed by atoms with Gasteiger partial charge in [-0.05, 0) is 42.5 Å². The van der Waals surface area contributed by atoms with Crippen LogP contribution in [-0.2, 0) is 0 Å². The van der Waals surface area contributed by atoms with E-state index in [9.17, 15) is 0 Å². The first-order valence-electron chi connectivity index (χ1n) is 3.66. The molecule has 0 spiro atoms. The molecule has 0 radical (unpaired) electrons. The van der Waals surface area contributed by atoms with E-state index in [0.29, 0.717) is 0 Å². The van der Waals surface area contributed by atoms with E-state index >= 15 is 0 Å². The highest BCUT2D eigenvalue weighted by molar-refractivity contribution is 14.1. The Morgan fingerprint density at radius 1 is 1.42 bits per heavy atom. The van der Waals surface area contributed by atoms with Crippen molar-refractivity contribution >= 4 is 28.2 Å². The zero-order chi connectivity index (χ0) is 8.72. The molecule has 0 aliphatic heterocycles. The number of nitrogens with zero attached hydrogens (tertiary/aromatic N) is 3. The fourth-order valence-electron chi connectivity index (χ4n) is 1.14. The summed E-state index contributed by atoms with van der Waals surface area (Å²) in [6.07, 6.45) is 1.81. The van der Waals surface area contributed by atoms with E-state index in [4.69, 9.17) is 0 Å². The number of hydrogen-bond donors (Lipinski definition) is 0. The Morgan fingerprint density at radius 3 is 2.83 bits per heavy atom. The molecule has 0 bridgehead atoms. The Balaban J connectivity index is 2.95. The number of halogens is 1. The third-order valence-electron chi connectivity index (χ3n) is 1.81. The van der Waals surface area contributed by atoms with Crippen molar-refractivity contribution in [2.75, 3.05) is 0 Å². The van der Waals surface area contributed by atoms with Crippen LogP contribution in [0.1, 0.15) is 11.4 Å². The fourth-order valence-corrected chi connectivity index (χ4v) is 1.62. The molecule has 0 fully saturated rings. The van der Waals surface area contributed by atoms with E-state index in [1.165, 1.54) is 0 Å². The van der Waals surface area contributed by atoms with Gasteiger partial charge in [0.2, 0.25) is 0 Å². The van der Waals surface area contributed by atoms with E-state index in [1.807, 2.05) is 30.6 Å². The molecule has 0 atom stereocenters. The SMILES string of the molecule is Cc1nn2c(C)ccnc2c1I. The van der Waals surface area contributed by atoms with Crippen LogP contribution in [0.2, 0.25) is 0 Å². The lowest BCUT2D eigenvalue weighted by molar-refractivity contribution is 0.877. The smallest absolute Gasteiger partial charge is 0.168 e. The van der Waals surface area contributed by atoms with E-state index in [0.717, 1.165) is 20.6 Å². The monoisotopic (exact) mass is 273 g/mol. The van der Waals surface area contributed by atoms with Crippen molar-refractivity contribution in [2.24, 2.45) is 0 Å². The summed E-state index contributed by atoms with van der Waals surface area (Å²) in [6, 6.07) is 1.95. The molecule has 2 aromatic rings. The average molecular weight is 273 g/mol. The van der Waals surface area contributed by atoms with E-state index in [2.05, 4.69) is 32.7 Å². The summed E-state index contributed by atoms with van der Waals surface area (Å²) in [7, 11) is 0. The lowest BCUT2D eigenvalue weighted by Crippen LogP contribution is -1.94. The summed E-state index contributed by atoms with van der Waals surface area (Å²) < 4.78 is 3.01. The lowest BCUT2D eigenvalue weighted by atomic mass is 10.4. The number of rotatable bonds is 0. The summed E-state index contributed by atoms with van der Waals surface area (Å²) in [4.78, 5) is 4.26. The van der Waals surface area contributed by atoms with Gasteiger partial charge in [-0.25, -0.2) is 9.50 Å². The minimum absolute atomic E-state index is 0.952. The molecular formula is C8H8IN3. The molecule has 2 aromatic heterocycles. The molecule has 2 heterocycles. The first-order chi connectivity index (χ1) is 5.70. The van der Waals surface area contributed by atoms with Gasteiger partial charge in [-0.3, -0.25) is 0 Å². The summed E-state index contributed by atoms with van der Waals surface area (Å²) in [5, 5.41) is 4.36. The van der Waals surface area contributed by atoms with Crippen molar-refractivity contribution in [2.45, 2.75) is 13.8 Å². The first kappa shape index (κ1) is 7.97. The van der Waals surface area contributed by atoms with Gasteiger partial charge in [-0.1, -0.05) is 0 Å². The minimum Gasteiger partial charge on any atom is -0.236 e. The molecule has 0 saturated heterocycles. The quantitative estimate of drug-likeness (QED) is 0.687. The van der Waals surface area contributed by atoms with Crippen molar-refractivity contribution < 1.29 is 0 Å².